The normalized spacial score (nSPS) is 18.6. The summed E-state index contributed by atoms with van der Waals surface area (Å²) in [4.78, 5) is 14.5. The number of carbonyl (C=O) groups excluding carboxylic acids is 1. The fraction of sp³-hybridized carbons (Fsp3) is 0.588. The molecule has 1 aromatic rings. The van der Waals surface area contributed by atoms with Gasteiger partial charge in [0, 0.05) is 19.0 Å². The summed E-state index contributed by atoms with van der Waals surface area (Å²) in [6.07, 6.45) is 5.89. The maximum Gasteiger partial charge on any atom is 0.223 e. The van der Waals surface area contributed by atoms with Gasteiger partial charge in [0.15, 0.2) is 0 Å². The van der Waals surface area contributed by atoms with Gasteiger partial charge < -0.3 is 15.4 Å². The third kappa shape index (κ3) is 3.90. The number of nitrogen functional groups attached to an aromatic ring is 1. The van der Waals surface area contributed by atoms with E-state index in [1.807, 2.05) is 18.2 Å². The van der Waals surface area contributed by atoms with Crippen molar-refractivity contribution in [3.8, 4) is 5.75 Å². The van der Waals surface area contributed by atoms with E-state index < -0.39 is 0 Å². The van der Waals surface area contributed by atoms with Gasteiger partial charge in [0.25, 0.3) is 0 Å². The van der Waals surface area contributed by atoms with Crippen LogP contribution in [0, 0.1) is 0 Å². The summed E-state index contributed by atoms with van der Waals surface area (Å²) in [6.45, 7) is 3.09. The Morgan fingerprint density at radius 2 is 2.24 bits per heavy atom. The van der Waals surface area contributed by atoms with E-state index in [1.165, 1.54) is 6.42 Å². The Labute approximate surface area is 127 Å². The van der Waals surface area contributed by atoms with E-state index in [0.717, 1.165) is 37.8 Å². The first-order chi connectivity index (χ1) is 10.2. The van der Waals surface area contributed by atoms with Crippen LogP contribution >= 0.6 is 0 Å². The topological polar surface area (TPSA) is 55.6 Å². The monoisotopic (exact) mass is 290 g/mol. The van der Waals surface area contributed by atoms with Crippen LogP contribution in [0.15, 0.2) is 18.2 Å². The van der Waals surface area contributed by atoms with Crippen molar-refractivity contribution in [1.29, 1.82) is 0 Å². The number of benzene rings is 1. The Hall–Kier alpha value is -1.71. The minimum atomic E-state index is 0.274. The van der Waals surface area contributed by atoms with Crippen LogP contribution in [0.2, 0.25) is 0 Å². The molecule has 0 aromatic heterocycles. The summed E-state index contributed by atoms with van der Waals surface area (Å²) < 4.78 is 5.15. The van der Waals surface area contributed by atoms with Gasteiger partial charge in [-0.3, -0.25) is 4.79 Å². The predicted octanol–water partition coefficient (Wildman–Crippen LogP) is 3.00. The van der Waals surface area contributed by atoms with Crippen molar-refractivity contribution in [3.05, 3.63) is 23.8 Å². The van der Waals surface area contributed by atoms with Crippen LogP contribution in [0.25, 0.3) is 0 Å². The Kier molecular flexibility index (Phi) is 5.48. The van der Waals surface area contributed by atoms with Crippen LogP contribution in [0.3, 0.4) is 0 Å². The second-order valence-electron chi connectivity index (χ2n) is 5.72. The second kappa shape index (κ2) is 7.34. The number of ether oxygens (including phenoxy) is 1. The summed E-state index contributed by atoms with van der Waals surface area (Å²) in [7, 11) is 1.61. The highest BCUT2D eigenvalue weighted by atomic mass is 16.5. The summed E-state index contributed by atoms with van der Waals surface area (Å²) in [5.74, 6) is 0.961. The predicted molar refractivity (Wildman–Crippen MR) is 85.4 cm³/mol. The van der Waals surface area contributed by atoms with Gasteiger partial charge in [0.05, 0.1) is 12.8 Å². The highest BCUT2D eigenvalue weighted by Crippen LogP contribution is 2.24. The van der Waals surface area contributed by atoms with Crippen molar-refractivity contribution in [3.63, 3.8) is 0 Å². The molecule has 4 heteroatoms. The molecule has 1 aliphatic heterocycles. The molecule has 1 aliphatic rings. The largest absolute Gasteiger partial charge is 0.495 e. The van der Waals surface area contributed by atoms with E-state index in [0.29, 0.717) is 23.9 Å². The van der Waals surface area contributed by atoms with Crippen molar-refractivity contribution in [2.75, 3.05) is 19.4 Å². The number of nitrogens with two attached hydrogens (primary N) is 1. The van der Waals surface area contributed by atoms with E-state index in [1.54, 1.807) is 7.11 Å². The zero-order chi connectivity index (χ0) is 15.2. The van der Waals surface area contributed by atoms with Gasteiger partial charge in [-0.05, 0) is 49.8 Å². The lowest BCUT2D eigenvalue weighted by atomic mass is 9.99. The molecular formula is C17H26N2O2. The molecule has 0 bridgehead atoms. The fourth-order valence-corrected chi connectivity index (χ4v) is 3.09. The molecule has 1 heterocycles. The van der Waals surface area contributed by atoms with Crippen LogP contribution in [0.5, 0.6) is 5.75 Å². The standard InChI is InChI=1S/C17H26N2O2/c1-3-14-6-4-5-11-19(14)17(20)10-8-13-7-9-16(21-2)15(18)12-13/h7,9,12,14H,3-6,8,10-11,18H2,1-2H3. The van der Waals surface area contributed by atoms with Gasteiger partial charge in [0.1, 0.15) is 5.75 Å². The molecule has 116 valence electrons. The van der Waals surface area contributed by atoms with Crippen molar-refractivity contribution in [1.82, 2.24) is 4.90 Å². The average Bonchev–Trinajstić information content (AvgIpc) is 2.52. The van der Waals surface area contributed by atoms with Crippen LogP contribution in [0.4, 0.5) is 5.69 Å². The molecule has 0 spiro atoms. The number of methoxy groups -OCH3 is 1. The lowest BCUT2D eigenvalue weighted by molar-refractivity contribution is -0.134. The van der Waals surface area contributed by atoms with Gasteiger partial charge in [-0.2, -0.15) is 0 Å². The van der Waals surface area contributed by atoms with Crippen LogP contribution in [-0.4, -0.2) is 30.5 Å². The number of nitrogens with zero attached hydrogens (tertiary/aromatic N) is 1. The van der Waals surface area contributed by atoms with Crippen molar-refractivity contribution >= 4 is 11.6 Å². The number of carbonyl (C=O) groups is 1. The Balaban J connectivity index is 1.92. The highest BCUT2D eigenvalue weighted by molar-refractivity contribution is 5.77. The van der Waals surface area contributed by atoms with Gasteiger partial charge in [-0.15, -0.1) is 0 Å². The number of anilines is 1. The smallest absolute Gasteiger partial charge is 0.223 e. The maximum atomic E-state index is 12.4. The van der Waals surface area contributed by atoms with E-state index in [9.17, 15) is 4.79 Å². The molecule has 0 radical (unpaired) electrons. The third-order valence-electron chi connectivity index (χ3n) is 4.34. The molecule has 1 amide bonds. The molecule has 1 atom stereocenters. The number of piperidine rings is 1. The van der Waals surface area contributed by atoms with Crippen LogP contribution in [-0.2, 0) is 11.2 Å². The summed E-state index contributed by atoms with van der Waals surface area (Å²) in [6, 6.07) is 6.19. The number of hydrogen-bond donors (Lipinski definition) is 1. The lowest BCUT2D eigenvalue weighted by Gasteiger charge is -2.35. The zero-order valence-corrected chi connectivity index (χ0v) is 13.1. The number of hydrogen-bond acceptors (Lipinski definition) is 3. The quantitative estimate of drug-likeness (QED) is 0.848. The molecule has 2 rings (SSSR count). The molecule has 21 heavy (non-hydrogen) atoms. The zero-order valence-electron chi connectivity index (χ0n) is 13.1. The summed E-state index contributed by atoms with van der Waals surface area (Å²) >= 11 is 0. The Morgan fingerprint density at radius 3 is 2.90 bits per heavy atom. The fourth-order valence-electron chi connectivity index (χ4n) is 3.09. The van der Waals surface area contributed by atoms with Crippen LogP contribution in [0.1, 0.15) is 44.6 Å². The molecule has 1 unspecified atom stereocenters. The molecule has 1 fully saturated rings. The molecule has 1 saturated heterocycles. The first-order valence-corrected chi connectivity index (χ1v) is 7.87. The Morgan fingerprint density at radius 1 is 1.43 bits per heavy atom. The molecule has 0 aliphatic carbocycles. The molecule has 0 saturated carbocycles. The Bertz CT molecular complexity index is 488. The van der Waals surface area contributed by atoms with E-state index in [2.05, 4.69) is 11.8 Å². The number of amides is 1. The lowest BCUT2D eigenvalue weighted by Crippen LogP contribution is -2.43. The summed E-state index contributed by atoms with van der Waals surface area (Å²) in [5, 5.41) is 0. The number of aryl methyl sites for hydroxylation is 1. The molecule has 2 N–H and O–H groups in total. The first kappa shape index (κ1) is 15.7. The average molecular weight is 290 g/mol. The van der Waals surface area contributed by atoms with Gasteiger partial charge >= 0.3 is 0 Å². The van der Waals surface area contributed by atoms with Crippen LogP contribution < -0.4 is 10.5 Å². The third-order valence-corrected chi connectivity index (χ3v) is 4.34. The molecule has 4 nitrogen and oxygen atoms in total. The SMILES string of the molecule is CCC1CCCCN1C(=O)CCc1ccc(OC)c(N)c1. The minimum Gasteiger partial charge on any atom is -0.495 e. The van der Waals surface area contributed by atoms with Gasteiger partial charge in [-0.1, -0.05) is 13.0 Å². The van der Waals surface area contributed by atoms with Crippen molar-refractivity contribution in [2.24, 2.45) is 0 Å². The van der Waals surface area contributed by atoms with E-state index >= 15 is 0 Å². The van der Waals surface area contributed by atoms with Gasteiger partial charge in [0.2, 0.25) is 5.91 Å². The number of likely N-dealkylation sites (tertiary alicyclic amines) is 1. The van der Waals surface area contributed by atoms with E-state index in [4.69, 9.17) is 10.5 Å². The number of rotatable bonds is 5. The maximum absolute atomic E-state index is 12.4. The van der Waals surface area contributed by atoms with Crippen molar-refractivity contribution < 1.29 is 9.53 Å². The molecule has 1 aromatic carbocycles. The van der Waals surface area contributed by atoms with Crippen molar-refractivity contribution in [2.45, 2.75) is 51.5 Å². The minimum absolute atomic E-state index is 0.274. The second-order valence-corrected chi connectivity index (χ2v) is 5.72. The summed E-state index contributed by atoms with van der Waals surface area (Å²) in [5.41, 5.74) is 7.63. The first-order valence-electron chi connectivity index (χ1n) is 7.87. The molecular weight excluding hydrogens is 264 g/mol. The van der Waals surface area contributed by atoms with E-state index in [-0.39, 0.29) is 5.91 Å². The highest BCUT2D eigenvalue weighted by Gasteiger charge is 2.24. The van der Waals surface area contributed by atoms with Gasteiger partial charge in [-0.25, -0.2) is 0 Å².